The van der Waals surface area contributed by atoms with E-state index in [-0.39, 0.29) is 11.9 Å². The minimum atomic E-state index is -0.415. The lowest BCUT2D eigenvalue weighted by atomic mass is 10.0. The van der Waals surface area contributed by atoms with E-state index < -0.39 is 5.97 Å². The summed E-state index contributed by atoms with van der Waals surface area (Å²) in [7, 11) is 4.70. The number of aromatic nitrogens is 2. The maximum absolute atomic E-state index is 13.0. The number of hydrogen-bond acceptors (Lipinski definition) is 8. The highest BCUT2D eigenvalue weighted by Crippen LogP contribution is 2.39. The number of hydrogen-bond donors (Lipinski definition) is 1. The summed E-state index contributed by atoms with van der Waals surface area (Å²) in [4.78, 5) is 38.0. The number of anilines is 3. The predicted molar refractivity (Wildman–Crippen MR) is 126 cm³/mol. The van der Waals surface area contributed by atoms with Crippen molar-refractivity contribution < 1.29 is 19.1 Å². The Kier molecular flexibility index (Phi) is 6.67. The lowest BCUT2D eigenvalue weighted by Gasteiger charge is -2.43. The van der Waals surface area contributed by atoms with E-state index in [0.29, 0.717) is 29.8 Å². The Hall–Kier alpha value is -3.36. The number of carbonyl (C=O) groups is 2. The zero-order chi connectivity index (χ0) is 23.5. The smallest absolute Gasteiger partial charge is 0.337 e. The van der Waals surface area contributed by atoms with Crippen molar-refractivity contribution in [1.29, 1.82) is 0 Å². The van der Waals surface area contributed by atoms with Crippen molar-refractivity contribution >= 4 is 29.3 Å². The fraction of sp³-hybridized carbons (Fsp3) is 0.500. The van der Waals surface area contributed by atoms with Gasteiger partial charge in [0.2, 0.25) is 11.9 Å². The topological polar surface area (TPSA) is 96.9 Å². The van der Waals surface area contributed by atoms with Gasteiger partial charge in [-0.15, -0.1) is 0 Å². The summed E-state index contributed by atoms with van der Waals surface area (Å²) in [6, 6.07) is 5.29. The SMILES string of the molecule is CCC1C(=O)N(C)c2cnc(NCc3ccc(C(=O)OC)cc3OC)nc2N1C1CCCC1. The number of fused-ring (bicyclic) bond motifs is 1. The summed E-state index contributed by atoms with van der Waals surface area (Å²) in [5, 5.41) is 3.27. The molecule has 1 aromatic carbocycles. The number of benzene rings is 1. The van der Waals surface area contributed by atoms with Crippen LogP contribution in [0.25, 0.3) is 0 Å². The average Bonchev–Trinajstić information content (AvgIpc) is 3.38. The summed E-state index contributed by atoms with van der Waals surface area (Å²) in [5.74, 6) is 1.54. The molecule has 2 heterocycles. The van der Waals surface area contributed by atoms with Gasteiger partial charge in [-0.25, -0.2) is 9.78 Å². The van der Waals surface area contributed by atoms with Crippen LogP contribution in [0, 0.1) is 0 Å². The van der Waals surface area contributed by atoms with Crippen LogP contribution in [0.5, 0.6) is 5.75 Å². The van der Waals surface area contributed by atoms with Crippen LogP contribution in [-0.2, 0) is 16.1 Å². The number of nitrogens with one attached hydrogen (secondary N) is 1. The molecule has 176 valence electrons. The van der Waals surface area contributed by atoms with E-state index in [0.717, 1.165) is 36.3 Å². The van der Waals surface area contributed by atoms with Crippen molar-refractivity contribution in [2.45, 2.75) is 57.7 Å². The van der Waals surface area contributed by atoms with Gasteiger partial charge in [0.1, 0.15) is 17.5 Å². The minimum Gasteiger partial charge on any atom is -0.496 e. The van der Waals surface area contributed by atoms with Crippen molar-refractivity contribution in [3.63, 3.8) is 0 Å². The standard InChI is InChI=1S/C24H31N5O4/c1-5-18-22(30)28(2)19-14-26-24(27-21(19)29(18)17-8-6-7-9-17)25-13-16-11-10-15(23(31)33-4)12-20(16)32-3/h10-12,14,17-18H,5-9,13H2,1-4H3,(H,25,26,27). The van der Waals surface area contributed by atoms with Crippen LogP contribution in [0.1, 0.15) is 54.9 Å². The fourth-order valence-electron chi connectivity index (χ4n) is 4.78. The highest BCUT2D eigenvalue weighted by molar-refractivity contribution is 6.04. The second-order valence-electron chi connectivity index (χ2n) is 8.44. The van der Waals surface area contributed by atoms with Gasteiger partial charge in [0.05, 0.1) is 26.0 Å². The third kappa shape index (κ3) is 4.31. The Labute approximate surface area is 194 Å². The van der Waals surface area contributed by atoms with E-state index in [9.17, 15) is 9.59 Å². The van der Waals surface area contributed by atoms with E-state index in [2.05, 4.69) is 15.2 Å². The first-order chi connectivity index (χ1) is 16.0. The van der Waals surface area contributed by atoms with Gasteiger partial charge in [-0.05, 0) is 31.4 Å². The van der Waals surface area contributed by atoms with Crippen LogP contribution in [0.2, 0.25) is 0 Å². The first-order valence-corrected chi connectivity index (χ1v) is 11.4. The summed E-state index contributed by atoms with van der Waals surface area (Å²) < 4.78 is 10.2. The second-order valence-corrected chi connectivity index (χ2v) is 8.44. The third-order valence-electron chi connectivity index (χ3n) is 6.56. The molecule has 4 rings (SSSR count). The molecule has 1 aliphatic carbocycles. The summed E-state index contributed by atoms with van der Waals surface area (Å²) in [6.07, 6.45) is 6.94. The largest absolute Gasteiger partial charge is 0.496 e. The van der Waals surface area contributed by atoms with Gasteiger partial charge in [-0.2, -0.15) is 4.98 Å². The Balaban J connectivity index is 1.61. The van der Waals surface area contributed by atoms with Crippen LogP contribution < -0.4 is 19.9 Å². The molecule has 1 aliphatic heterocycles. The molecule has 33 heavy (non-hydrogen) atoms. The molecule has 0 bridgehead atoms. The zero-order valence-electron chi connectivity index (χ0n) is 19.6. The molecule has 1 amide bonds. The van der Waals surface area contributed by atoms with Crippen LogP contribution in [-0.4, -0.2) is 55.2 Å². The molecule has 9 heteroatoms. The van der Waals surface area contributed by atoms with Crippen molar-refractivity contribution in [1.82, 2.24) is 9.97 Å². The number of nitrogens with zero attached hydrogens (tertiary/aromatic N) is 4. The molecule has 1 unspecified atom stereocenters. The van der Waals surface area contributed by atoms with Crippen molar-refractivity contribution in [3.05, 3.63) is 35.5 Å². The molecule has 1 aromatic heterocycles. The number of ether oxygens (including phenoxy) is 2. The lowest BCUT2D eigenvalue weighted by Crippen LogP contribution is -2.55. The van der Waals surface area contributed by atoms with E-state index >= 15 is 0 Å². The number of methoxy groups -OCH3 is 2. The van der Waals surface area contributed by atoms with Gasteiger partial charge in [0.25, 0.3) is 0 Å². The zero-order valence-corrected chi connectivity index (χ0v) is 19.6. The summed E-state index contributed by atoms with van der Waals surface area (Å²) in [5.41, 5.74) is 2.02. The van der Waals surface area contributed by atoms with Crippen LogP contribution in [0.4, 0.5) is 17.5 Å². The molecule has 1 saturated carbocycles. The number of carbonyl (C=O) groups excluding carboxylic acids is 2. The number of amides is 1. The molecule has 1 fully saturated rings. The van der Waals surface area contributed by atoms with E-state index in [1.807, 2.05) is 13.0 Å². The van der Waals surface area contributed by atoms with Crippen LogP contribution in [0.3, 0.4) is 0 Å². The quantitative estimate of drug-likeness (QED) is 0.638. The molecule has 0 radical (unpaired) electrons. The van der Waals surface area contributed by atoms with E-state index in [1.54, 1.807) is 37.4 Å². The lowest BCUT2D eigenvalue weighted by molar-refractivity contribution is -0.120. The molecule has 1 atom stereocenters. The molecule has 1 N–H and O–H groups in total. The maximum atomic E-state index is 13.0. The Morgan fingerprint density at radius 2 is 2.00 bits per heavy atom. The number of esters is 1. The molecular formula is C24H31N5O4. The van der Waals surface area contributed by atoms with E-state index in [1.165, 1.54) is 20.0 Å². The average molecular weight is 454 g/mol. The van der Waals surface area contributed by atoms with Gasteiger partial charge in [-0.1, -0.05) is 25.8 Å². The fourth-order valence-corrected chi connectivity index (χ4v) is 4.78. The second kappa shape index (κ2) is 9.64. The molecule has 9 nitrogen and oxygen atoms in total. The predicted octanol–water partition coefficient (Wildman–Crippen LogP) is 3.39. The molecule has 2 aliphatic rings. The van der Waals surface area contributed by atoms with Crippen molar-refractivity contribution in [3.8, 4) is 5.75 Å². The Morgan fingerprint density at radius 3 is 2.67 bits per heavy atom. The van der Waals surface area contributed by atoms with Crippen LogP contribution in [0.15, 0.2) is 24.4 Å². The van der Waals surface area contributed by atoms with Crippen LogP contribution >= 0.6 is 0 Å². The molecule has 0 saturated heterocycles. The van der Waals surface area contributed by atoms with Gasteiger partial charge < -0.3 is 24.6 Å². The normalized spacial score (nSPS) is 18.3. The molecule has 0 spiro atoms. The number of likely N-dealkylation sites (N-methyl/N-ethyl adjacent to an activating group) is 1. The highest BCUT2D eigenvalue weighted by Gasteiger charge is 2.41. The van der Waals surface area contributed by atoms with Gasteiger partial charge in [-0.3, -0.25) is 4.79 Å². The monoisotopic (exact) mass is 453 g/mol. The summed E-state index contributed by atoms with van der Waals surface area (Å²) >= 11 is 0. The molecule has 2 aromatic rings. The Bertz CT molecular complexity index is 1040. The van der Waals surface area contributed by atoms with Gasteiger partial charge >= 0.3 is 5.97 Å². The Morgan fingerprint density at radius 1 is 1.24 bits per heavy atom. The number of rotatable bonds is 7. The maximum Gasteiger partial charge on any atom is 0.337 e. The summed E-state index contributed by atoms with van der Waals surface area (Å²) in [6.45, 7) is 2.47. The first-order valence-electron chi connectivity index (χ1n) is 11.4. The van der Waals surface area contributed by atoms with Gasteiger partial charge in [0, 0.05) is 25.2 Å². The third-order valence-corrected chi connectivity index (χ3v) is 6.56. The molecular weight excluding hydrogens is 422 g/mol. The van der Waals surface area contributed by atoms with Crippen molar-refractivity contribution in [2.24, 2.45) is 0 Å². The minimum absolute atomic E-state index is 0.0941. The van der Waals surface area contributed by atoms with E-state index in [4.69, 9.17) is 14.5 Å². The highest BCUT2D eigenvalue weighted by atomic mass is 16.5. The first kappa shape index (κ1) is 22.8. The van der Waals surface area contributed by atoms with Gasteiger partial charge in [0.15, 0.2) is 5.82 Å². The van der Waals surface area contributed by atoms with Crippen molar-refractivity contribution in [2.75, 3.05) is 36.4 Å².